The molecular formula is C28H24ClNO6. The number of amides is 1. The Bertz CT molecular complexity index is 1460. The predicted molar refractivity (Wildman–Crippen MR) is 137 cm³/mol. The van der Waals surface area contributed by atoms with Gasteiger partial charge in [0.2, 0.25) is 0 Å². The van der Waals surface area contributed by atoms with E-state index in [1.165, 1.54) is 12.1 Å². The number of benzene rings is 3. The normalized spacial score (nSPS) is 12.1. The average Bonchev–Trinajstić information content (AvgIpc) is 2.83. The number of esters is 1. The molecule has 0 bridgehead atoms. The van der Waals surface area contributed by atoms with E-state index in [0.717, 1.165) is 5.56 Å². The fraction of sp³-hybridized carbons (Fsp3) is 0.179. The Morgan fingerprint density at radius 3 is 2.22 bits per heavy atom. The van der Waals surface area contributed by atoms with E-state index < -0.39 is 29.3 Å². The van der Waals surface area contributed by atoms with Crippen molar-refractivity contribution in [2.75, 3.05) is 0 Å². The Hall–Kier alpha value is -4.10. The van der Waals surface area contributed by atoms with Crippen LogP contribution in [0.5, 0.6) is 5.75 Å². The van der Waals surface area contributed by atoms with Gasteiger partial charge in [0.25, 0.3) is 0 Å². The summed E-state index contributed by atoms with van der Waals surface area (Å²) in [5, 5.41) is 3.27. The first-order chi connectivity index (χ1) is 17.1. The Kier molecular flexibility index (Phi) is 7.12. The Morgan fingerprint density at radius 2 is 1.58 bits per heavy atom. The van der Waals surface area contributed by atoms with Crippen LogP contribution in [0.2, 0.25) is 5.02 Å². The maximum absolute atomic E-state index is 13.2. The summed E-state index contributed by atoms with van der Waals surface area (Å²) in [4.78, 5) is 37.9. The molecule has 0 spiro atoms. The number of nitrogens with one attached hydrogen (secondary N) is 1. The molecule has 0 aliphatic carbocycles. The lowest BCUT2D eigenvalue weighted by atomic mass is 10.0. The van der Waals surface area contributed by atoms with Crippen molar-refractivity contribution >= 4 is 34.6 Å². The van der Waals surface area contributed by atoms with Gasteiger partial charge in [0, 0.05) is 17.5 Å². The van der Waals surface area contributed by atoms with Gasteiger partial charge in [-0.25, -0.2) is 14.4 Å². The summed E-state index contributed by atoms with van der Waals surface area (Å²) in [5.41, 5.74) is 0.810. The minimum atomic E-state index is -1.17. The van der Waals surface area contributed by atoms with E-state index in [4.69, 9.17) is 25.5 Å². The van der Waals surface area contributed by atoms with E-state index in [2.05, 4.69) is 5.32 Å². The van der Waals surface area contributed by atoms with Crippen LogP contribution < -0.4 is 15.7 Å². The summed E-state index contributed by atoms with van der Waals surface area (Å²) in [6.07, 6.45) is -0.781. The van der Waals surface area contributed by atoms with Crippen LogP contribution in [0.25, 0.3) is 22.1 Å². The molecule has 7 nitrogen and oxygen atoms in total. The van der Waals surface area contributed by atoms with Crippen LogP contribution in [0.4, 0.5) is 4.79 Å². The van der Waals surface area contributed by atoms with Gasteiger partial charge < -0.3 is 19.2 Å². The molecule has 0 aliphatic heterocycles. The van der Waals surface area contributed by atoms with Crippen molar-refractivity contribution in [3.8, 4) is 16.9 Å². The van der Waals surface area contributed by atoms with Gasteiger partial charge in [0.15, 0.2) is 11.8 Å². The molecule has 4 aromatic rings. The largest absolute Gasteiger partial charge is 0.444 e. The standard InChI is InChI=1S/C28H24ClNO6/c1-28(2,3)36-27(33)30-25(18-12-8-5-9-13-18)26(32)35-23-16-22-20(14-21(23)29)19(15-24(31)34-22)17-10-6-4-7-11-17/h4-16,25H,1-3H3,(H,30,33)/t25-/m0/s1. The highest BCUT2D eigenvalue weighted by atomic mass is 35.5. The minimum absolute atomic E-state index is 0.0190. The molecule has 3 aromatic carbocycles. The van der Waals surface area contributed by atoms with Crippen molar-refractivity contribution in [3.05, 3.63) is 99.9 Å². The zero-order valence-electron chi connectivity index (χ0n) is 19.9. The number of halogens is 1. The summed E-state index contributed by atoms with van der Waals surface area (Å²) >= 11 is 6.48. The zero-order chi connectivity index (χ0) is 25.9. The SMILES string of the molecule is CC(C)(C)OC(=O)N[C@H](C(=O)Oc1cc2oc(=O)cc(-c3ccccc3)c2cc1Cl)c1ccccc1. The van der Waals surface area contributed by atoms with E-state index >= 15 is 0 Å². The second kappa shape index (κ2) is 10.3. The Balaban J connectivity index is 1.68. The molecule has 1 aromatic heterocycles. The summed E-state index contributed by atoms with van der Waals surface area (Å²) in [6, 6.07) is 21.1. The molecule has 0 fully saturated rings. The van der Waals surface area contributed by atoms with Gasteiger partial charge in [-0.1, -0.05) is 72.3 Å². The van der Waals surface area contributed by atoms with Crippen LogP contribution in [0.3, 0.4) is 0 Å². The number of ether oxygens (including phenoxy) is 2. The molecule has 8 heteroatoms. The maximum atomic E-state index is 13.2. The van der Waals surface area contributed by atoms with Crippen LogP contribution >= 0.6 is 11.6 Å². The summed E-state index contributed by atoms with van der Waals surface area (Å²) in [6.45, 7) is 5.15. The van der Waals surface area contributed by atoms with Crippen molar-refractivity contribution in [3.63, 3.8) is 0 Å². The quantitative estimate of drug-likeness (QED) is 0.195. The van der Waals surface area contributed by atoms with Crippen LogP contribution in [-0.2, 0) is 9.53 Å². The third kappa shape index (κ3) is 5.93. The molecule has 1 atom stereocenters. The number of rotatable bonds is 5. The minimum Gasteiger partial charge on any atom is -0.444 e. The van der Waals surface area contributed by atoms with Gasteiger partial charge in [-0.05, 0) is 43.5 Å². The van der Waals surface area contributed by atoms with Gasteiger partial charge in [-0.2, -0.15) is 0 Å². The van der Waals surface area contributed by atoms with Crippen molar-refractivity contribution in [2.45, 2.75) is 32.4 Å². The van der Waals surface area contributed by atoms with Gasteiger partial charge in [-0.3, -0.25) is 0 Å². The van der Waals surface area contributed by atoms with Gasteiger partial charge in [0.1, 0.15) is 11.2 Å². The smallest absolute Gasteiger partial charge is 0.408 e. The lowest BCUT2D eigenvalue weighted by molar-refractivity contribution is -0.137. The van der Waals surface area contributed by atoms with Gasteiger partial charge in [0.05, 0.1) is 5.02 Å². The lowest BCUT2D eigenvalue weighted by Crippen LogP contribution is -2.39. The van der Waals surface area contributed by atoms with Crippen molar-refractivity contribution in [2.24, 2.45) is 0 Å². The molecular weight excluding hydrogens is 482 g/mol. The molecule has 0 saturated carbocycles. The van der Waals surface area contributed by atoms with Gasteiger partial charge >= 0.3 is 17.7 Å². The molecule has 0 radical (unpaired) electrons. The topological polar surface area (TPSA) is 94.8 Å². The van der Waals surface area contributed by atoms with Crippen molar-refractivity contribution < 1.29 is 23.5 Å². The van der Waals surface area contributed by atoms with E-state index in [9.17, 15) is 14.4 Å². The first kappa shape index (κ1) is 25.0. The molecule has 0 aliphatic rings. The molecule has 184 valence electrons. The number of fused-ring (bicyclic) bond motifs is 1. The molecule has 1 heterocycles. The Labute approximate surface area is 212 Å². The molecule has 1 N–H and O–H groups in total. The highest BCUT2D eigenvalue weighted by Gasteiger charge is 2.28. The Morgan fingerprint density at radius 1 is 0.944 bits per heavy atom. The van der Waals surface area contributed by atoms with Crippen LogP contribution in [0, 0.1) is 0 Å². The van der Waals surface area contributed by atoms with Crippen LogP contribution in [0.1, 0.15) is 32.4 Å². The van der Waals surface area contributed by atoms with E-state index in [1.54, 1.807) is 57.2 Å². The molecule has 0 unspecified atom stereocenters. The maximum Gasteiger partial charge on any atom is 0.408 e. The predicted octanol–water partition coefficient (Wildman–Crippen LogP) is 6.28. The number of hydrogen-bond donors (Lipinski definition) is 1. The molecule has 36 heavy (non-hydrogen) atoms. The first-order valence-corrected chi connectivity index (χ1v) is 11.6. The highest BCUT2D eigenvalue weighted by Crippen LogP contribution is 2.35. The highest BCUT2D eigenvalue weighted by molar-refractivity contribution is 6.33. The first-order valence-electron chi connectivity index (χ1n) is 11.2. The van der Waals surface area contributed by atoms with E-state index in [-0.39, 0.29) is 16.4 Å². The second-order valence-electron chi connectivity index (χ2n) is 9.03. The third-order valence-electron chi connectivity index (χ3n) is 5.12. The fourth-order valence-corrected chi connectivity index (χ4v) is 3.82. The number of carbonyl (C=O) groups excluding carboxylic acids is 2. The molecule has 4 rings (SSSR count). The van der Waals surface area contributed by atoms with E-state index in [1.807, 2.05) is 30.3 Å². The summed E-state index contributed by atoms with van der Waals surface area (Å²) in [5.74, 6) is -0.815. The monoisotopic (exact) mass is 505 g/mol. The van der Waals surface area contributed by atoms with Crippen LogP contribution in [-0.4, -0.2) is 17.7 Å². The van der Waals surface area contributed by atoms with Crippen molar-refractivity contribution in [1.29, 1.82) is 0 Å². The lowest BCUT2D eigenvalue weighted by Gasteiger charge is -2.23. The zero-order valence-corrected chi connectivity index (χ0v) is 20.7. The third-order valence-corrected chi connectivity index (χ3v) is 5.42. The molecule has 0 saturated heterocycles. The molecule has 1 amide bonds. The second-order valence-corrected chi connectivity index (χ2v) is 9.44. The van der Waals surface area contributed by atoms with E-state index in [0.29, 0.717) is 16.5 Å². The summed E-state index contributed by atoms with van der Waals surface area (Å²) < 4.78 is 16.3. The fourth-order valence-electron chi connectivity index (χ4n) is 3.61. The average molecular weight is 506 g/mol. The number of carbonyl (C=O) groups is 2. The summed E-state index contributed by atoms with van der Waals surface area (Å²) in [7, 11) is 0. The number of hydrogen-bond acceptors (Lipinski definition) is 6. The number of alkyl carbamates (subject to hydrolysis) is 1. The van der Waals surface area contributed by atoms with Crippen LogP contribution in [0.15, 0.2) is 88.1 Å². The van der Waals surface area contributed by atoms with Crippen molar-refractivity contribution in [1.82, 2.24) is 5.32 Å². The van der Waals surface area contributed by atoms with Gasteiger partial charge in [-0.15, -0.1) is 0 Å².